The first-order valence-electron chi connectivity index (χ1n) is 7.07. The Labute approximate surface area is 155 Å². The number of hydrogen-bond acceptors (Lipinski definition) is 4. The molecule has 0 spiro atoms. The van der Waals surface area contributed by atoms with Crippen LogP contribution >= 0.6 is 35.0 Å². The Kier molecular flexibility index (Phi) is 7.43. The van der Waals surface area contributed by atoms with Crippen molar-refractivity contribution in [2.24, 2.45) is 5.10 Å². The zero-order valence-corrected chi connectivity index (χ0v) is 15.3. The van der Waals surface area contributed by atoms with Gasteiger partial charge in [-0.3, -0.25) is 4.79 Å². The third-order valence-electron chi connectivity index (χ3n) is 3.07. The van der Waals surface area contributed by atoms with Crippen molar-refractivity contribution >= 4 is 47.1 Å². The van der Waals surface area contributed by atoms with Crippen LogP contribution in [0, 0.1) is 0 Å². The van der Waals surface area contributed by atoms with E-state index < -0.39 is 0 Å². The lowest BCUT2D eigenvalue weighted by molar-refractivity contribution is -0.118. The van der Waals surface area contributed by atoms with Gasteiger partial charge in [-0.1, -0.05) is 41.4 Å². The third-order valence-corrected chi connectivity index (χ3v) is 4.74. The zero-order valence-electron chi connectivity index (χ0n) is 13.0. The number of thioether (sulfide) groups is 1. The number of rotatable bonds is 7. The predicted octanol–water partition coefficient (Wildman–Crippen LogP) is 4.39. The van der Waals surface area contributed by atoms with Crippen LogP contribution in [0.25, 0.3) is 0 Å². The molecule has 0 fully saturated rings. The van der Waals surface area contributed by atoms with Gasteiger partial charge in [-0.05, 0) is 29.8 Å². The van der Waals surface area contributed by atoms with E-state index in [0.717, 1.165) is 11.1 Å². The summed E-state index contributed by atoms with van der Waals surface area (Å²) in [6, 6.07) is 12.8. The zero-order chi connectivity index (χ0) is 17.4. The summed E-state index contributed by atoms with van der Waals surface area (Å²) in [5, 5.41) is 5.14. The average Bonchev–Trinajstić information content (AvgIpc) is 2.58. The van der Waals surface area contributed by atoms with Crippen molar-refractivity contribution in [3.8, 4) is 5.75 Å². The molecule has 2 aromatic carbocycles. The van der Waals surface area contributed by atoms with Crippen LogP contribution in [-0.2, 0) is 10.5 Å². The Hall–Kier alpha value is -1.69. The number of para-hydroxylation sites is 1. The first-order valence-corrected chi connectivity index (χ1v) is 8.98. The molecule has 2 aromatic rings. The molecule has 0 bridgehead atoms. The number of benzene rings is 2. The maximum Gasteiger partial charge on any atom is 0.250 e. The second-order valence-electron chi connectivity index (χ2n) is 4.73. The fourth-order valence-corrected chi connectivity index (χ4v) is 3.45. The third kappa shape index (κ3) is 5.44. The number of nitrogens with zero attached hydrogens (tertiary/aromatic N) is 1. The highest BCUT2D eigenvalue weighted by Gasteiger charge is 2.07. The summed E-state index contributed by atoms with van der Waals surface area (Å²) in [6.07, 6.45) is 1.55. The van der Waals surface area contributed by atoms with Gasteiger partial charge in [0.2, 0.25) is 5.91 Å². The molecule has 0 radical (unpaired) electrons. The number of carbonyl (C=O) groups is 1. The van der Waals surface area contributed by atoms with E-state index >= 15 is 0 Å². The van der Waals surface area contributed by atoms with Gasteiger partial charge in [0.25, 0.3) is 0 Å². The molecule has 0 aromatic heterocycles. The van der Waals surface area contributed by atoms with E-state index in [0.29, 0.717) is 21.5 Å². The van der Waals surface area contributed by atoms with Gasteiger partial charge in [0.1, 0.15) is 5.75 Å². The molecule has 4 nitrogen and oxygen atoms in total. The van der Waals surface area contributed by atoms with E-state index in [-0.39, 0.29) is 11.7 Å². The molecule has 1 amide bonds. The largest absolute Gasteiger partial charge is 0.496 e. The topological polar surface area (TPSA) is 50.7 Å². The molecule has 0 aliphatic rings. The molecule has 0 unspecified atom stereocenters. The minimum absolute atomic E-state index is 0.200. The van der Waals surface area contributed by atoms with Crippen LogP contribution in [0.5, 0.6) is 5.75 Å². The first-order chi connectivity index (χ1) is 11.6. The van der Waals surface area contributed by atoms with Gasteiger partial charge in [0.05, 0.1) is 19.1 Å². The number of hydrogen-bond donors (Lipinski definition) is 1. The van der Waals surface area contributed by atoms with Gasteiger partial charge in [-0.2, -0.15) is 5.10 Å². The Morgan fingerprint density at radius 1 is 1.21 bits per heavy atom. The molecule has 0 aliphatic heterocycles. The summed E-state index contributed by atoms with van der Waals surface area (Å²) in [5.74, 6) is 1.31. The van der Waals surface area contributed by atoms with Crippen LogP contribution in [0.2, 0.25) is 10.0 Å². The van der Waals surface area contributed by atoms with Gasteiger partial charge >= 0.3 is 0 Å². The van der Waals surface area contributed by atoms with Crippen molar-refractivity contribution in [1.29, 1.82) is 0 Å². The van der Waals surface area contributed by atoms with Crippen molar-refractivity contribution in [3.63, 3.8) is 0 Å². The molecule has 0 atom stereocenters. The molecule has 0 saturated heterocycles. The summed E-state index contributed by atoms with van der Waals surface area (Å²) in [7, 11) is 1.59. The van der Waals surface area contributed by atoms with Gasteiger partial charge in [-0.25, -0.2) is 5.43 Å². The quantitative estimate of drug-likeness (QED) is 0.570. The van der Waals surface area contributed by atoms with E-state index in [1.807, 2.05) is 24.3 Å². The SMILES string of the molecule is COc1ccccc1/C=N\NC(=O)CSCc1c(Cl)cccc1Cl. The van der Waals surface area contributed by atoms with Crippen molar-refractivity contribution in [3.05, 3.63) is 63.6 Å². The Morgan fingerprint density at radius 3 is 2.62 bits per heavy atom. The number of methoxy groups -OCH3 is 1. The lowest BCUT2D eigenvalue weighted by atomic mass is 10.2. The predicted molar refractivity (Wildman–Crippen MR) is 101 cm³/mol. The summed E-state index contributed by atoms with van der Waals surface area (Å²) in [4.78, 5) is 11.8. The van der Waals surface area contributed by atoms with E-state index in [1.54, 1.807) is 31.5 Å². The van der Waals surface area contributed by atoms with E-state index in [1.165, 1.54) is 11.8 Å². The molecule has 24 heavy (non-hydrogen) atoms. The van der Waals surface area contributed by atoms with E-state index in [2.05, 4.69) is 10.5 Å². The highest BCUT2D eigenvalue weighted by molar-refractivity contribution is 7.99. The van der Waals surface area contributed by atoms with Crippen LogP contribution < -0.4 is 10.2 Å². The normalized spacial score (nSPS) is 10.8. The maximum atomic E-state index is 11.8. The molecule has 1 N–H and O–H groups in total. The highest BCUT2D eigenvalue weighted by Crippen LogP contribution is 2.28. The van der Waals surface area contributed by atoms with Crippen molar-refractivity contribution in [2.45, 2.75) is 5.75 Å². The van der Waals surface area contributed by atoms with Crippen LogP contribution in [0.3, 0.4) is 0 Å². The molecular weight excluding hydrogens is 367 g/mol. The van der Waals surface area contributed by atoms with Crippen LogP contribution in [-0.4, -0.2) is 25.0 Å². The highest BCUT2D eigenvalue weighted by atomic mass is 35.5. The number of carbonyl (C=O) groups excluding carboxylic acids is 1. The van der Waals surface area contributed by atoms with Crippen molar-refractivity contribution in [1.82, 2.24) is 5.43 Å². The number of nitrogens with one attached hydrogen (secondary N) is 1. The second kappa shape index (κ2) is 9.57. The minimum atomic E-state index is -0.200. The minimum Gasteiger partial charge on any atom is -0.496 e. The second-order valence-corrected chi connectivity index (χ2v) is 6.53. The van der Waals surface area contributed by atoms with E-state index in [4.69, 9.17) is 27.9 Å². The molecular formula is C17H16Cl2N2O2S. The van der Waals surface area contributed by atoms with Gasteiger partial charge in [0.15, 0.2) is 0 Å². The molecule has 7 heteroatoms. The first kappa shape index (κ1) is 18.6. The van der Waals surface area contributed by atoms with Crippen molar-refractivity contribution < 1.29 is 9.53 Å². The molecule has 0 saturated carbocycles. The summed E-state index contributed by atoms with van der Waals surface area (Å²) in [5.41, 5.74) is 4.10. The van der Waals surface area contributed by atoms with Crippen LogP contribution in [0.4, 0.5) is 0 Å². The summed E-state index contributed by atoms with van der Waals surface area (Å²) in [6.45, 7) is 0. The fourth-order valence-electron chi connectivity index (χ4n) is 1.90. The molecule has 0 heterocycles. The van der Waals surface area contributed by atoms with Gasteiger partial charge in [-0.15, -0.1) is 11.8 Å². The van der Waals surface area contributed by atoms with Gasteiger partial charge in [0, 0.05) is 21.4 Å². The standard InChI is InChI=1S/C17H16Cl2N2O2S/c1-23-16-8-3-2-5-12(16)9-20-21-17(22)11-24-10-13-14(18)6-4-7-15(13)19/h2-9H,10-11H2,1H3,(H,21,22)/b20-9-. The number of halogens is 2. The number of hydrazone groups is 1. The van der Waals surface area contributed by atoms with E-state index in [9.17, 15) is 4.79 Å². The average molecular weight is 383 g/mol. The number of amides is 1. The Morgan fingerprint density at radius 2 is 1.92 bits per heavy atom. The Balaban J connectivity index is 1.80. The molecule has 126 valence electrons. The molecule has 2 rings (SSSR count). The summed E-state index contributed by atoms with van der Waals surface area (Å²) >= 11 is 13.6. The summed E-state index contributed by atoms with van der Waals surface area (Å²) < 4.78 is 5.21. The number of ether oxygens (including phenoxy) is 1. The maximum absolute atomic E-state index is 11.8. The lowest BCUT2D eigenvalue weighted by Gasteiger charge is -2.06. The lowest BCUT2D eigenvalue weighted by Crippen LogP contribution is -2.19. The molecule has 0 aliphatic carbocycles. The van der Waals surface area contributed by atoms with Crippen molar-refractivity contribution in [2.75, 3.05) is 12.9 Å². The monoisotopic (exact) mass is 382 g/mol. The van der Waals surface area contributed by atoms with Crippen LogP contribution in [0.1, 0.15) is 11.1 Å². The smallest absolute Gasteiger partial charge is 0.250 e. The fraction of sp³-hybridized carbons (Fsp3) is 0.176. The Bertz CT molecular complexity index is 718. The van der Waals surface area contributed by atoms with Gasteiger partial charge < -0.3 is 4.74 Å². The van der Waals surface area contributed by atoms with Crippen LogP contribution in [0.15, 0.2) is 47.6 Å².